The van der Waals surface area contributed by atoms with Crippen molar-refractivity contribution in [2.45, 2.75) is 37.4 Å². The van der Waals surface area contributed by atoms with Crippen molar-refractivity contribution in [1.82, 2.24) is 0 Å². The van der Waals surface area contributed by atoms with E-state index >= 15 is 0 Å². The van der Waals surface area contributed by atoms with E-state index in [1.807, 2.05) is 31.2 Å². The maximum atomic E-state index is 12.4. The molecule has 1 unspecified atom stereocenters. The number of carbonyl (C=O) groups excluding carboxylic acids is 1. The third-order valence-electron chi connectivity index (χ3n) is 2.83. The van der Waals surface area contributed by atoms with Crippen molar-refractivity contribution in [2.75, 3.05) is 6.61 Å². The number of hydrogen-bond acceptors (Lipinski definition) is 2. The molecule has 0 aliphatic carbocycles. The van der Waals surface area contributed by atoms with Crippen molar-refractivity contribution in [3.63, 3.8) is 0 Å². The van der Waals surface area contributed by atoms with Gasteiger partial charge in [-0.2, -0.15) is 0 Å². The number of esters is 1. The molecule has 0 aliphatic heterocycles. The monoisotopic (exact) mass is 326 g/mol. The van der Waals surface area contributed by atoms with Gasteiger partial charge in [-0.3, -0.25) is 0 Å². The molecule has 0 bridgehead atoms. The summed E-state index contributed by atoms with van der Waals surface area (Å²) in [4.78, 5) is 12.4. The van der Waals surface area contributed by atoms with E-state index in [2.05, 4.69) is 25.6 Å². The van der Waals surface area contributed by atoms with Crippen LogP contribution in [0.15, 0.2) is 43.0 Å². The Hall–Kier alpha value is -1.05. The number of benzene rings is 1. The topological polar surface area (TPSA) is 26.3 Å². The van der Waals surface area contributed by atoms with Crippen molar-refractivity contribution in [2.24, 2.45) is 0 Å². The van der Waals surface area contributed by atoms with Crippen LogP contribution in [0.3, 0.4) is 0 Å². The fourth-order valence-electron chi connectivity index (χ4n) is 2.04. The predicted molar refractivity (Wildman–Crippen MR) is 80.9 cm³/mol. The molecule has 3 heteroatoms. The number of carbonyl (C=O) groups is 1. The van der Waals surface area contributed by atoms with E-state index in [0.29, 0.717) is 13.0 Å². The van der Waals surface area contributed by atoms with Gasteiger partial charge in [0.2, 0.25) is 0 Å². The second kappa shape index (κ2) is 8.19. The summed E-state index contributed by atoms with van der Waals surface area (Å²) in [5, 5.41) is 0. The molecule has 0 N–H and O–H groups in total. The van der Waals surface area contributed by atoms with Crippen LogP contribution in [0.5, 0.6) is 0 Å². The molecule has 1 atom stereocenters. The first kappa shape index (κ1) is 16.0. The summed E-state index contributed by atoms with van der Waals surface area (Å²) in [6.45, 7) is 8.22. The molecule has 0 fully saturated rings. The Morgan fingerprint density at radius 1 is 1.37 bits per heavy atom. The van der Waals surface area contributed by atoms with E-state index < -0.39 is 4.31 Å². The second-order valence-corrected chi connectivity index (χ2v) is 7.43. The zero-order chi connectivity index (χ0) is 14.1. The summed E-state index contributed by atoms with van der Waals surface area (Å²) < 4.78 is 6.15. The molecule has 0 heterocycles. The van der Waals surface area contributed by atoms with Crippen molar-refractivity contribution >= 4 is 25.4 Å². The van der Waals surface area contributed by atoms with E-state index in [4.69, 9.17) is 4.74 Å². The number of hydrogen-bond donors (Lipinski definition) is 0. The molecule has 0 aliphatic rings. The first-order valence-corrected chi connectivity index (χ1v) is 8.42. The van der Waals surface area contributed by atoms with Gasteiger partial charge in [-0.15, -0.1) is 0 Å². The van der Waals surface area contributed by atoms with Crippen LogP contribution in [0.4, 0.5) is 0 Å². The summed E-state index contributed by atoms with van der Waals surface area (Å²) in [5.41, 5.74) is 0. The predicted octanol–water partition coefficient (Wildman–Crippen LogP) is 3.11. The molecule has 19 heavy (non-hydrogen) atoms. The molecule has 104 valence electrons. The van der Waals surface area contributed by atoms with E-state index in [1.54, 1.807) is 0 Å². The van der Waals surface area contributed by atoms with Crippen LogP contribution in [-0.2, 0) is 9.53 Å². The normalized spacial score (nSPS) is 13.6. The van der Waals surface area contributed by atoms with Gasteiger partial charge in [0.05, 0.1) is 0 Å². The van der Waals surface area contributed by atoms with Crippen LogP contribution >= 0.6 is 0 Å². The zero-order valence-electron chi connectivity index (χ0n) is 11.7. The molecule has 1 aromatic rings. The minimum atomic E-state index is -0.402. The Labute approximate surface area is 122 Å². The van der Waals surface area contributed by atoms with Crippen LogP contribution < -0.4 is 4.46 Å². The van der Waals surface area contributed by atoms with Crippen LogP contribution in [0.1, 0.15) is 33.1 Å². The van der Waals surface area contributed by atoms with Crippen LogP contribution in [0, 0.1) is 0 Å². The van der Waals surface area contributed by atoms with Crippen molar-refractivity contribution in [1.29, 1.82) is 0 Å². The molecular weight excluding hydrogens is 303 g/mol. The molecule has 2 nitrogen and oxygen atoms in total. The first-order chi connectivity index (χ1) is 9.18. The molecule has 0 saturated heterocycles. The Bertz CT molecular complexity index is 402. The van der Waals surface area contributed by atoms with Crippen molar-refractivity contribution in [3.8, 4) is 0 Å². The van der Waals surface area contributed by atoms with E-state index in [-0.39, 0.29) is 20.9 Å². The summed E-state index contributed by atoms with van der Waals surface area (Å²) in [6, 6.07) is 10.2. The fourth-order valence-corrected chi connectivity index (χ4v) is 4.96. The molecule has 1 aromatic carbocycles. The Morgan fingerprint density at radius 2 is 2.05 bits per heavy atom. The summed E-state index contributed by atoms with van der Waals surface area (Å²) >= 11 is 0.0602. The number of allylic oxidation sites excluding steroid dienone is 1. The van der Waals surface area contributed by atoms with Crippen LogP contribution in [0.2, 0.25) is 4.31 Å². The standard InChI is InChI=1S/C16H22O2Se/c1-4-12-16(13-5-2,15(17)18-6-3)19-14-10-8-7-9-11-14/h4,7-11H,1,5-6,12-13H2,2-3H3. The van der Waals surface area contributed by atoms with Gasteiger partial charge < -0.3 is 0 Å². The van der Waals surface area contributed by atoms with Gasteiger partial charge in [0, 0.05) is 0 Å². The van der Waals surface area contributed by atoms with Gasteiger partial charge >= 0.3 is 122 Å². The average Bonchev–Trinajstić information content (AvgIpc) is 2.40. The molecule has 0 radical (unpaired) electrons. The van der Waals surface area contributed by atoms with Gasteiger partial charge in [-0.25, -0.2) is 0 Å². The van der Waals surface area contributed by atoms with Crippen LogP contribution in [0.25, 0.3) is 0 Å². The van der Waals surface area contributed by atoms with Crippen molar-refractivity contribution in [3.05, 3.63) is 43.0 Å². The Morgan fingerprint density at radius 3 is 2.58 bits per heavy atom. The summed E-state index contributed by atoms with van der Waals surface area (Å²) in [7, 11) is 0. The van der Waals surface area contributed by atoms with E-state index in [1.165, 1.54) is 4.46 Å². The van der Waals surface area contributed by atoms with E-state index in [9.17, 15) is 4.79 Å². The number of ether oxygens (including phenoxy) is 1. The summed E-state index contributed by atoms with van der Waals surface area (Å²) in [5.74, 6) is -0.0689. The Kier molecular flexibility index (Phi) is 6.90. The minimum absolute atomic E-state index is 0.0602. The zero-order valence-corrected chi connectivity index (χ0v) is 13.4. The van der Waals surface area contributed by atoms with Gasteiger partial charge in [0.25, 0.3) is 0 Å². The molecule has 0 aromatic heterocycles. The molecule has 0 spiro atoms. The number of rotatable bonds is 8. The van der Waals surface area contributed by atoms with Gasteiger partial charge in [0.15, 0.2) is 0 Å². The molecular formula is C16H22O2Se. The molecule has 0 saturated carbocycles. The second-order valence-electron chi connectivity index (χ2n) is 4.37. The SMILES string of the molecule is C=CCC(CCC)([Se]c1ccccc1)C(=O)OCC. The van der Waals surface area contributed by atoms with Crippen molar-refractivity contribution < 1.29 is 9.53 Å². The molecule has 1 rings (SSSR count). The van der Waals surface area contributed by atoms with Gasteiger partial charge in [-0.1, -0.05) is 0 Å². The van der Waals surface area contributed by atoms with Crippen LogP contribution in [-0.4, -0.2) is 27.5 Å². The quantitative estimate of drug-likeness (QED) is 0.417. The first-order valence-electron chi connectivity index (χ1n) is 6.70. The third kappa shape index (κ3) is 4.52. The van der Waals surface area contributed by atoms with Gasteiger partial charge in [-0.05, 0) is 0 Å². The average molecular weight is 325 g/mol. The Balaban J connectivity index is 3.00. The fraction of sp³-hybridized carbons (Fsp3) is 0.438. The summed E-state index contributed by atoms with van der Waals surface area (Å²) in [6.07, 6.45) is 4.36. The maximum absolute atomic E-state index is 12.4. The third-order valence-corrected chi connectivity index (χ3v) is 5.84. The van der Waals surface area contributed by atoms with E-state index in [0.717, 1.165) is 12.8 Å². The van der Waals surface area contributed by atoms with Gasteiger partial charge in [0.1, 0.15) is 0 Å². The molecule has 0 amide bonds.